The van der Waals surface area contributed by atoms with E-state index in [-0.39, 0.29) is 6.61 Å². The number of benzene rings is 1. The summed E-state index contributed by atoms with van der Waals surface area (Å²) in [6.45, 7) is 4.25. The first-order valence-electron chi connectivity index (χ1n) is 6.51. The Morgan fingerprint density at radius 3 is 2.62 bits per heavy atom. The highest BCUT2D eigenvalue weighted by Crippen LogP contribution is 2.41. The minimum Gasteiger partial charge on any atom is -0.384 e. The molecule has 1 aromatic rings. The summed E-state index contributed by atoms with van der Waals surface area (Å²) < 4.78 is 24.0. The van der Waals surface area contributed by atoms with Crippen molar-refractivity contribution in [2.75, 3.05) is 6.61 Å². The van der Waals surface area contributed by atoms with Gasteiger partial charge in [0.15, 0.2) is 4.75 Å². The minimum absolute atomic E-state index is 0.243. The van der Waals surface area contributed by atoms with Crippen LogP contribution in [0.3, 0.4) is 0 Å². The summed E-state index contributed by atoms with van der Waals surface area (Å²) in [5, 5.41) is 8.70. The number of sulfonamides is 1. The van der Waals surface area contributed by atoms with Crippen LogP contribution in [0, 0.1) is 11.8 Å². The second-order valence-electron chi connectivity index (χ2n) is 5.38. The predicted octanol–water partition coefficient (Wildman–Crippen LogP) is 1.04. The number of aliphatic hydroxyl groups is 1. The van der Waals surface area contributed by atoms with Crippen LogP contribution in [0.25, 0.3) is 0 Å². The first kappa shape index (κ1) is 15.5. The van der Waals surface area contributed by atoms with E-state index in [1.807, 2.05) is 0 Å². The molecule has 1 fully saturated rings. The third kappa shape index (κ3) is 2.33. The highest BCUT2D eigenvalue weighted by Gasteiger charge is 2.61. The van der Waals surface area contributed by atoms with Gasteiger partial charge >= 0.3 is 0 Å². The molecular weight excluding hydrogens is 290 g/mol. The molecule has 21 heavy (non-hydrogen) atoms. The SMILES string of the molecule is CC(c1cccc(C#CCO)c1)N1C(=O)C(C)(C)S1(=O)=O. The van der Waals surface area contributed by atoms with Gasteiger partial charge in [-0.3, -0.25) is 4.79 Å². The van der Waals surface area contributed by atoms with E-state index in [4.69, 9.17) is 5.11 Å². The lowest BCUT2D eigenvalue weighted by molar-refractivity contribution is -0.133. The average Bonchev–Trinajstić information content (AvgIpc) is 2.45. The van der Waals surface area contributed by atoms with Crippen molar-refractivity contribution in [1.82, 2.24) is 4.31 Å². The van der Waals surface area contributed by atoms with E-state index in [0.29, 0.717) is 11.1 Å². The second-order valence-corrected chi connectivity index (χ2v) is 7.74. The fraction of sp³-hybridized carbons (Fsp3) is 0.400. The van der Waals surface area contributed by atoms with Gasteiger partial charge in [0.05, 0.1) is 6.04 Å². The lowest BCUT2D eigenvalue weighted by atomic mass is 10.0. The largest absolute Gasteiger partial charge is 0.384 e. The summed E-state index contributed by atoms with van der Waals surface area (Å²) in [4.78, 5) is 12.1. The summed E-state index contributed by atoms with van der Waals surface area (Å²) >= 11 is 0. The molecule has 1 atom stereocenters. The maximum atomic E-state index is 12.2. The predicted molar refractivity (Wildman–Crippen MR) is 78.7 cm³/mol. The minimum atomic E-state index is -3.62. The van der Waals surface area contributed by atoms with Gasteiger partial charge in [0.1, 0.15) is 6.61 Å². The Morgan fingerprint density at radius 1 is 1.38 bits per heavy atom. The van der Waals surface area contributed by atoms with Gasteiger partial charge in [-0.2, -0.15) is 0 Å². The van der Waals surface area contributed by atoms with Gasteiger partial charge in [-0.25, -0.2) is 12.7 Å². The third-order valence-corrected chi connectivity index (χ3v) is 6.12. The summed E-state index contributed by atoms with van der Waals surface area (Å²) in [5.41, 5.74) is 1.35. The number of carbonyl (C=O) groups excluding carboxylic acids is 1. The van der Waals surface area contributed by atoms with Crippen LogP contribution in [-0.4, -0.2) is 35.1 Å². The van der Waals surface area contributed by atoms with Crippen molar-refractivity contribution in [3.63, 3.8) is 0 Å². The van der Waals surface area contributed by atoms with Crippen molar-refractivity contribution in [3.05, 3.63) is 35.4 Å². The molecule has 0 saturated carbocycles. The first-order valence-corrected chi connectivity index (χ1v) is 7.95. The fourth-order valence-corrected chi connectivity index (χ4v) is 3.89. The number of aliphatic hydroxyl groups excluding tert-OH is 1. The smallest absolute Gasteiger partial charge is 0.259 e. The van der Waals surface area contributed by atoms with Crippen molar-refractivity contribution >= 4 is 15.9 Å². The summed E-state index contributed by atoms with van der Waals surface area (Å²) in [5.74, 6) is 4.89. The summed E-state index contributed by atoms with van der Waals surface area (Å²) in [6.07, 6.45) is 0. The molecule has 6 heteroatoms. The van der Waals surface area contributed by atoms with E-state index in [1.54, 1.807) is 31.2 Å². The van der Waals surface area contributed by atoms with Gasteiger partial charge < -0.3 is 5.11 Å². The topological polar surface area (TPSA) is 74.7 Å². The monoisotopic (exact) mass is 307 g/mol. The number of rotatable bonds is 2. The molecule has 1 unspecified atom stereocenters. The van der Waals surface area contributed by atoms with Crippen LogP contribution in [0.4, 0.5) is 0 Å². The molecular formula is C15H17NO4S. The van der Waals surface area contributed by atoms with E-state index in [2.05, 4.69) is 11.8 Å². The van der Waals surface area contributed by atoms with Crippen LogP contribution >= 0.6 is 0 Å². The molecule has 1 heterocycles. The molecule has 1 aromatic carbocycles. The number of nitrogens with zero attached hydrogens (tertiary/aromatic N) is 1. The third-order valence-electron chi connectivity index (χ3n) is 3.65. The van der Waals surface area contributed by atoms with E-state index in [0.717, 1.165) is 4.31 Å². The molecule has 0 aromatic heterocycles. The van der Waals surface area contributed by atoms with Crippen molar-refractivity contribution < 1.29 is 18.3 Å². The normalized spacial score (nSPS) is 20.2. The molecule has 1 aliphatic rings. The van der Waals surface area contributed by atoms with Crippen molar-refractivity contribution in [1.29, 1.82) is 0 Å². The maximum absolute atomic E-state index is 12.2. The standard InChI is InChI=1S/C15H17NO4S/c1-11(16-14(18)15(2,3)21(16,19)20)13-8-4-6-12(10-13)7-5-9-17/h4,6,8,10-11,17H,9H2,1-3H3. The molecule has 0 aliphatic carbocycles. The van der Waals surface area contributed by atoms with Crippen LogP contribution in [0.15, 0.2) is 24.3 Å². The average molecular weight is 307 g/mol. The Balaban J connectivity index is 2.34. The van der Waals surface area contributed by atoms with Crippen LogP contribution in [0.2, 0.25) is 0 Å². The van der Waals surface area contributed by atoms with Crippen molar-refractivity contribution in [2.24, 2.45) is 0 Å². The molecule has 2 rings (SSSR count). The van der Waals surface area contributed by atoms with E-state index in [1.165, 1.54) is 13.8 Å². The van der Waals surface area contributed by atoms with E-state index in [9.17, 15) is 13.2 Å². The molecule has 1 N–H and O–H groups in total. The van der Waals surface area contributed by atoms with E-state index >= 15 is 0 Å². The molecule has 0 spiro atoms. The maximum Gasteiger partial charge on any atom is 0.259 e. The molecule has 112 valence electrons. The van der Waals surface area contributed by atoms with Gasteiger partial charge in [0.2, 0.25) is 0 Å². The van der Waals surface area contributed by atoms with Crippen LogP contribution in [0.5, 0.6) is 0 Å². The lowest BCUT2D eigenvalue weighted by Crippen LogP contribution is -2.67. The highest BCUT2D eigenvalue weighted by molar-refractivity contribution is 7.94. The van der Waals surface area contributed by atoms with E-state index < -0.39 is 26.7 Å². The Kier molecular flexibility index (Phi) is 3.83. The summed E-state index contributed by atoms with van der Waals surface area (Å²) in [7, 11) is -3.62. The van der Waals surface area contributed by atoms with Crippen molar-refractivity contribution in [3.8, 4) is 11.8 Å². The Hall–Kier alpha value is -1.84. The molecule has 1 amide bonds. The molecule has 0 bridgehead atoms. The zero-order valence-electron chi connectivity index (χ0n) is 12.1. The number of carbonyl (C=O) groups is 1. The Labute approximate surface area is 124 Å². The summed E-state index contributed by atoms with van der Waals surface area (Å²) in [6, 6.07) is 6.40. The lowest BCUT2D eigenvalue weighted by Gasteiger charge is -2.46. The zero-order chi connectivity index (χ0) is 15.8. The Bertz CT molecular complexity index is 740. The Morgan fingerprint density at radius 2 is 2.05 bits per heavy atom. The van der Waals surface area contributed by atoms with Gasteiger partial charge in [-0.05, 0) is 38.5 Å². The van der Waals surface area contributed by atoms with Crippen molar-refractivity contribution in [2.45, 2.75) is 31.6 Å². The van der Waals surface area contributed by atoms with Crippen LogP contribution < -0.4 is 0 Å². The quantitative estimate of drug-likeness (QED) is 0.829. The first-order chi connectivity index (χ1) is 9.73. The highest BCUT2D eigenvalue weighted by atomic mass is 32.2. The molecule has 1 aliphatic heterocycles. The van der Waals surface area contributed by atoms with Crippen LogP contribution in [0.1, 0.15) is 37.9 Å². The van der Waals surface area contributed by atoms with Gasteiger partial charge in [0, 0.05) is 5.56 Å². The number of hydrogen-bond acceptors (Lipinski definition) is 4. The fourth-order valence-electron chi connectivity index (χ4n) is 2.23. The zero-order valence-corrected chi connectivity index (χ0v) is 12.9. The molecule has 5 nitrogen and oxygen atoms in total. The van der Waals surface area contributed by atoms with Gasteiger partial charge in [0.25, 0.3) is 15.9 Å². The van der Waals surface area contributed by atoms with Crippen LogP contribution in [-0.2, 0) is 14.8 Å². The number of hydrogen-bond donors (Lipinski definition) is 1. The van der Waals surface area contributed by atoms with Gasteiger partial charge in [-0.15, -0.1) is 0 Å². The molecule has 1 saturated heterocycles. The number of amides is 1. The molecule has 0 radical (unpaired) electrons. The second kappa shape index (κ2) is 5.17. The van der Waals surface area contributed by atoms with Gasteiger partial charge in [-0.1, -0.05) is 24.0 Å².